The van der Waals surface area contributed by atoms with Gasteiger partial charge in [-0.2, -0.15) is 0 Å². The summed E-state index contributed by atoms with van der Waals surface area (Å²) in [4.78, 5) is 2.49. The molecular formula is C15H23ClN2O. The molecule has 3 nitrogen and oxygen atoms in total. The molecule has 1 fully saturated rings. The Morgan fingerprint density at radius 2 is 2.00 bits per heavy atom. The summed E-state index contributed by atoms with van der Waals surface area (Å²) in [6, 6.07) is 2.04. The van der Waals surface area contributed by atoms with Crippen molar-refractivity contribution >= 4 is 11.6 Å². The fourth-order valence-corrected chi connectivity index (χ4v) is 2.83. The second kappa shape index (κ2) is 6.60. The van der Waals surface area contributed by atoms with Gasteiger partial charge in [-0.05, 0) is 43.0 Å². The zero-order valence-corrected chi connectivity index (χ0v) is 12.8. The van der Waals surface area contributed by atoms with Crippen molar-refractivity contribution in [1.29, 1.82) is 0 Å². The molecule has 0 amide bonds. The Labute approximate surface area is 120 Å². The molecule has 0 aromatic heterocycles. The molecule has 1 aromatic carbocycles. The van der Waals surface area contributed by atoms with Crippen molar-refractivity contribution in [2.75, 3.05) is 39.8 Å². The van der Waals surface area contributed by atoms with Crippen LogP contribution in [-0.4, -0.2) is 44.7 Å². The van der Waals surface area contributed by atoms with E-state index in [0.717, 1.165) is 61.0 Å². The number of methoxy groups -OCH3 is 1. The highest BCUT2D eigenvalue weighted by atomic mass is 35.5. The van der Waals surface area contributed by atoms with Gasteiger partial charge in [0.1, 0.15) is 5.75 Å². The third-order valence-corrected chi connectivity index (χ3v) is 4.46. The summed E-state index contributed by atoms with van der Waals surface area (Å²) in [5, 5.41) is 4.25. The van der Waals surface area contributed by atoms with Crippen LogP contribution in [0.25, 0.3) is 0 Å². The average Bonchev–Trinajstić information content (AvgIpc) is 2.44. The van der Waals surface area contributed by atoms with Gasteiger partial charge in [-0.3, -0.25) is 0 Å². The fourth-order valence-electron chi connectivity index (χ4n) is 2.66. The average molecular weight is 283 g/mol. The van der Waals surface area contributed by atoms with Gasteiger partial charge in [0.05, 0.1) is 7.11 Å². The topological polar surface area (TPSA) is 24.5 Å². The Bertz CT molecular complexity index is 442. The van der Waals surface area contributed by atoms with Crippen LogP contribution in [0.3, 0.4) is 0 Å². The molecule has 106 valence electrons. The van der Waals surface area contributed by atoms with E-state index in [4.69, 9.17) is 16.3 Å². The van der Waals surface area contributed by atoms with Crippen LogP contribution >= 0.6 is 11.6 Å². The van der Waals surface area contributed by atoms with E-state index in [0.29, 0.717) is 0 Å². The maximum absolute atomic E-state index is 6.35. The van der Waals surface area contributed by atoms with Crippen LogP contribution in [0.1, 0.15) is 16.7 Å². The highest BCUT2D eigenvalue weighted by Crippen LogP contribution is 2.31. The summed E-state index contributed by atoms with van der Waals surface area (Å²) in [7, 11) is 1.73. The first kappa shape index (κ1) is 14.6. The molecule has 0 bridgehead atoms. The Morgan fingerprint density at radius 1 is 1.32 bits per heavy atom. The zero-order chi connectivity index (χ0) is 13.8. The summed E-state index contributed by atoms with van der Waals surface area (Å²) >= 11 is 6.35. The summed E-state index contributed by atoms with van der Waals surface area (Å²) in [6.07, 6.45) is 0.995. The van der Waals surface area contributed by atoms with Crippen LogP contribution in [0.5, 0.6) is 5.75 Å². The number of halogens is 1. The molecule has 1 saturated heterocycles. The summed E-state index contributed by atoms with van der Waals surface area (Å²) in [5.74, 6) is 0.967. The molecule has 0 radical (unpaired) electrons. The highest BCUT2D eigenvalue weighted by molar-refractivity contribution is 6.32. The van der Waals surface area contributed by atoms with Crippen molar-refractivity contribution in [2.45, 2.75) is 20.3 Å². The van der Waals surface area contributed by atoms with E-state index in [9.17, 15) is 0 Å². The quantitative estimate of drug-likeness (QED) is 0.918. The fraction of sp³-hybridized carbons (Fsp3) is 0.600. The van der Waals surface area contributed by atoms with Crippen LogP contribution in [0, 0.1) is 13.8 Å². The Morgan fingerprint density at radius 3 is 2.63 bits per heavy atom. The molecule has 4 heteroatoms. The van der Waals surface area contributed by atoms with Gasteiger partial charge in [0.25, 0.3) is 0 Å². The van der Waals surface area contributed by atoms with Crippen LogP contribution in [0.4, 0.5) is 0 Å². The molecule has 0 saturated carbocycles. The normalized spacial score (nSPS) is 16.6. The number of benzene rings is 1. The predicted molar refractivity (Wildman–Crippen MR) is 80.5 cm³/mol. The molecule has 19 heavy (non-hydrogen) atoms. The van der Waals surface area contributed by atoms with Crippen LogP contribution < -0.4 is 10.1 Å². The number of ether oxygens (including phenoxy) is 1. The first-order valence-corrected chi connectivity index (χ1v) is 7.27. The number of aryl methyl sites for hydroxylation is 1. The number of nitrogens with one attached hydrogen (secondary N) is 1. The molecule has 0 unspecified atom stereocenters. The van der Waals surface area contributed by atoms with Crippen molar-refractivity contribution in [3.8, 4) is 5.75 Å². The van der Waals surface area contributed by atoms with E-state index in [1.807, 2.05) is 13.0 Å². The third-order valence-electron chi connectivity index (χ3n) is 3.88. The van der Waals surface area contributed by atoms with Crippen molar-refractivity contribution in [1.82, 2.24) is 10.2 Å². The van der Waals surface area contributed by atoms with Gasteiger partial charge >= 0.3 is 0 Å². The minimum Gasteiger partial charge on any atom is -0.496 e. The van der Waals surface area contributed by atoms with Gasteiger partial charge in [0.2, 0.25) is 0 Å². The molecule has 0 aliphatic carbocycles. The standard InChI is InChI=1S/C15H23ClN2O/c1-11-10-14(19-3)13(12(2)15(11)16)4-7-18-8-5-17-6-9-18/h10,17H,4-9H2,1-3H3. The molecule has 1 aliphatic rings. The number of piperazine rings is 1. The van der Waals surface area contributed by atoms with Gasteiger partial charge in [0.15, 0.2) is 0 Å². The molecule has 1 aromatic rings. The van der Waals surface area contributed by atoms with E-state index in [1.165, 1.54) is 5.56 Å². The van der Waals surface area contributed by atoms with E-state index in [1.54, 1.807) is 7.11 Å². The van der Waals surface area contributed by atoms with Gasteiger partial charge in [0, 0.05) is 37.7 Å². The summed E-state index contributed by atoms with van der Waals surface area (Å²) in [5.41, 5.74) is 3.49. The number of hydrogen-bond acceptors (Lipinski definition) is 3. The lowest BCUT2D eigenvalue weighted by Gasteiger charge is -2.27. The molecule has 1 N–H and O–H groups in total. The first-order chi connectivity index (χ1) is 9.13. The smallest absolute Gasteiger partial charge is 0.122 e. The molecule has 0 spiro atoms. The van der Waals surface area contributed by atoms with Gasteiger partial charge < -0.3 is 15.0 Å². The first-order valence-electron chi connectivity index (χ1n) is 6.89. The van der Waals surface area contributed by atoms with E-state index >= 15 is 0 Å². The van der Waals surface area contributed by atoms with E-state index in [-0.39, 0.29) is 0 Å². The highest BCUT2D eigenvalue weighted by Gasteiger charge is 2.15. The minimum absolute atomic E-state index is 0.871. The lowest BCUT2D eigenvalue weighted by atomic mass is 10.0. The molecule has 1 aliphatic heterocycles. The lowest BCUT2D eigenvalue weighted by Crippen LogP contribution is -2.44. The van der Waals surface area contributed by atoms with Crippen molar-refractivity contribution in [3.63, 3.8) is 0 Å². The van der Waals surface area contributed by atoms with Crippen molar-refractivity contribution in [2.24, 2.45) is 0 Å². The Hall–Kier alpha value is -0.770. The van der Waals surface area contributed by atoms with E-state index < -0.39 is 0 Å². The molecule has 2 rings (SSSR count). The summed E-state index contributed by atoms with van der Waals surface area (Å²) in [6.45, 7) is 9.61. The number of rotatable bonds is 4. The third kappa shape index (κ3) is 3.41. The molecule has 1 heterocycles. The van der Waals surface area contributed by atoms with Crippen molar-refractivity contribution in [3.05, 3.63) is 27.8 Å². The molecular weight excluding hydrogens is 260 g/mol. The lowest BCUT2D eigenvalue weighted by molar-refractivity contribution is 0.243. The zero-order valence-electron chi connectivity index (χ0n) is 12.1. The van der Waals surface area contributed by atoms with Gasteiger partial charge in [-0.1, -0.05) is 11.6 Å². The van der Waals surface area contributed by atoms with Crippen LogP contribution in [0.2, 0.25) is 5.02 Å². The largest absolute Gasteiger partial charge is 0.496 e. The maximum Gasteiger partial charge on any atom is 0.122 e. The van der Waals surface area contributed by atoms with Crippen LogP contribution in [-0.2, 0) is 6.42 Å². The van der Waals surface area contributed by atoms with Crippen LogP contribution in [0.15, 0.2) is 6.07 Å². The number of nitrogens with zero attached hydrogens (tertiary/aromatic N) is 1. The maximum atomic E-state index is 6.35. The second-order valence-corrected chi connectivity index (χ2v) is 5.53. The molecule has 0 atom stereocenters. The second-order valence-electron chi connectivity index (χ2n) is 5.15. The minimum atomic E-state index is 0.871. The van der Waals surface area contributed by atoms with Crippen molar-refractivity contribution < 1.29 is 4.74 Å². The van der Waals surface area contributed by atoms with Gasteiger partial charge in [-0.15, -0.1) is 0 Å². The Balaban J connectivity index is 2.12. The van der Waals surface area contributed by atoms with Gasteiger partial charge in [-0.25, -0.2) is 0 Å². The monoisotopic (exact) mass is 282 g/mol. The van der Waals surface area contributed by atoms with E-state index in [2.05, 4.69) is 17.1 Å². The SMILES string of the molecule is COc1cc(C)c(Cl)c(C)c1CCN1CCNCC1. The summed E-state index contributed by atoms with van der Waals surface area (Å²) < 4.78 is 5.51. The Kier molecular flexibility index (Phi) is 5.08. The predicted octanol–water partition coefficient (Wildman–Crippen LogP) is 2.41. The number of hydrogen-bond donors (Lipinski definition) is 1.